The fourth-order valence-electron chi connectivity index (χ4n) is 1.40. The summed E-state index contributed by atoms with van der Waals surface area (Å²) in [6.45, 7) is 7.67. The predicted molar refractivity (Wildman–Crippen MR) is 73.5 cm³/mol. The molecule has 6 heteroatoms. The molecule has 0 heterocycles. The number of carbonyl (C=O) groups excluding carboxylic acids is 2. The van der Waals surface area contributed by atoms with Crippen molar-refractivity contribution in [3.63, 3.8) is 0 Å². The molecular formula is C12H25ClN2O3. The van der Waals surface area contributed by atoms with Crippen molar-refractivity contribution in [3.05, 3.63) is 0 Å². The highest BCUT2D eigenvalue weighted by Crippen LogP contribution is 2.15. The lowest BCUT2D eigenvalue weighted by Gasteiger charge is -2.23. The third-order valence-electron chi connectivity index (χ3n) is 2.50. The molecule has 5 nitrogen and oxygen atoms in total. The first-order valence-corrected chi connectivity index (χ1v) is 5.82. The Morgan fingerprint density at radius 3 is 2.22 bits per heavy atom. The van der Waals surface area contributed by atoms with Gasteiger partial charge in [-0.05, 0) is 26.2 Å². The van der Waals surface area contributed by atoms with E-state index in [1.54, 1.807) is 13.8 Å². The molecule has 0 aliphatic heterocycles. The van der Waals surface area contributed by atoms with Crippen molar-refractivity contribution in [2.75, 3.05) is 13.7 Å². The van der Waals surface area contributed by atoms with Crippen molar-refractivity contribution in [2.24, 2.45) is 17.1 Å². The summed E-state index contributed by atoms with van der Waals surface area (Å²) in [7, 11) is 1.33. The van der Waals surface area contributed by atoms with Gasteiger partial charge in [0.1, 0.15) is 0 Å². The van der Waals surface area contributed by atoms with Crippen molar-refractivity contribution >= 4 is 24.3 Å². The van der Waals surface area contributed by atoms with E-state index in [-0.39, 0.29) is 30.8 Å². The average Bonchev–Trinajstić information content (AvgIpc) is 2.23. The maximum Gasteiger partial charge on any atom is 0.313 e. The highest BCUT2D eigenvalue weighted by Gasteiger charge is 2.29. The minimum absolute atomic E-state index is 0. The molecule has 0 rings (SSSR count). The first-order chi connectivity index (χ1) is 7.70. The maximum atomic E-state index is 11.6. The fourth-order valence-corrected chi connectivity index (χ4v) is 1.40. The Hall–Kier alpha value is -0.810. The number of halogens is 1. The topological polar surface area (TPSA) is 81.4 Å². The first-order valence-electron chi connectivity index (χ1n) is 5.82. The first kappa shape index (κ1) is 19.5. The standard InChI is InChI=1S/C12H24N2O3.ClH/c1-8(2)6-9(13)10(15)14-7-12(3,4)11(16)17-5;/h8-9H,6-7,13H2,1-5H3,(H,14,15);1H/t9-;/m0./s1. The summed E-state index contributed by atoms with van der Waals surface area (Å²) in [6, 6.07) is -0.525. The largest absolute Gasteiger partial charge is 0.469 e. The van der Waals surface area contributed by atoms with Crippen LogP contribution in [0.3, 0.4) is 0 Å². The average molecular weight is 281 g/mol. The fraction of sp³-hybridized carbons (Fsp3) is 0.833. The van der Waals surface area contributed by atoms with Crippen LogP contribution < -0.4 is 11.1 Å². The minimum atomic E-state index is -0.734. The number of carbonyl (C=O) groups is 2. The minimum Gasteiger partial charge on any atom is -0.469 e. The van der Waals surface area contributed by atoms with Gasteiger partial charge in [-0.3, -0.25) is 9.59 Å². The van der Waals surface area contributed by atoms with Crippen LogP contribution in [0, 0.1) is 11.3 Å². The normalized spacial score (nSPS) is 12.6. The third-order valence-corrected chi connectivity index (χ3v) is 2.50. The number of hydrogen-bond acceptors (Lipinski definition) is 4. The summed E-state index contributed by atoms with van der Waals surface area (Å²) in [5.74, 6) is -0.213. The molecule has 0 aliphatic rings. The zero-order valence-corrected chi connectivity index (χ0v) is 12.6. The lowest BCUT2D eigenvalue weighted by Crippen LogP contribution is -2.46. The van der Waals surface area contributed by atoms with E-state index in [0.717, 1.165) is 0 Å². The number of amides is 1. The second-order valence-electron chi connectivity index (χ2n) is 5.33. The van der Waals surface area contributed by atoms with Gasteiger partial charge in [-0.25, -0.2) is 0 Å². The third kappa shape index (κ3) is 6.81. The van der Waals surface area contributed by atoms with Gasteiger partial charge in [0.15, 0.2) is 0 Å². The molecule has 0 unspecified atom stereocenters. The van der Waals surface area contributed by atoms with Crippen LogP contribution in [0.2, 0.25) is 0 Å². The lowest BCUT2D eigenvalue weighted by atomic mass is 9.93. The Balaban J connectivity index is 0. The van der Waals surface area contributed by atoms with E-state index in [4.69, 9.17) is 5.73 Å². The molecule has 0 aromatic carbocycles. The number of nitrogens with two attached hydrogens (primary N) is 1. The molecule has 0 aromatic rings. The van der Waals surface area contributed by atoms with Gasteiger partial charge in [0.2, 0.25) is 5.91 Å². The van der Waals surface area contributed by atoms with E-state index >= 15 is 0 Å². The maximum absolute atomic E-state index is 11.6. The van der Waals surface area contributed by atoms with Gasteiger partial charge in [-0.15, -0.1) is 12.4 Å². The van der Waals surface area contributed by atoms with Crippen molar-refractivity contribution in [2.45, 2.75) is 40.2 Å². The molecule has 0 bridgehead atoms. The Kier molecular flexibility index (Phi) is 9.03. The predicted octanol–water partition coefficient (Wildman–Crippen LogP) is 1.10. The lowest BCUT2D eigenvalue weighted by molar-refractivity contribution is -0.150. The summed E-state index contributed by atoms with van der Waals surface area (Å²) in [5.41, 5.74) is 4.99. The molecule has 0 spiro atoms. The van der Waals surface area contributed by atoms with E-state index in [1.165, 1.54) is 7.11 Å². The van der Waals surface area contributed by atoms with Gasteiger partial charge in [-0.2, -0.15) is 0 Å². The zero-order valence-electron chi connectivity index (χ0n) is 11.8. The van der Waals surface area contributed by atoms with E-state index in [9.17, 15) is 9.59 Å². The highest BCUT2D eigenvalue weighted by atomic mass is 35.5. The summed E-state index contributed by atoms with van der Waals surface area (Å²) in [4.78, 5) is 23.0. The molecule has 18 heavy (non-hydrogen) atoms. The van der Waals surface area contributed by atoms with Crippen LogP contribution in [-0.4, -0.2) is 31.6 Å². The van der Waals surface area contributed by atoms with E-state index in [0.29, 0.717) is 12.3 Å². The van der Waals surface area contributed by atoms with E-state index in [1.807, 2.05) is 13.8 Å². The molecule has 0 saturated heterocycles. The molecule has 1 amide bonds. The SMILES string of the molecule is COC(=O)C(C)(C)CNC(=O)[C@@H](N)CC(C)C.Cl. The van der Waals surface area contributed by atoms with E-state index in [2.05, 4.69) is 10.1 Å². The Bertz CT molecular complexity index is 280. The number of methoxy groups -OCH3 is 1. The van der Waals surface area contributed by atoms with Gasteiger partial charge in [0, 0.05) is 6.54 Å². The molecule has 0 aliphatic carbocycles. The molecule has 108 valence electrons. The molecular weight excluding hydrogens is 256 g/mol. The van der Waals surface area contributed by atoms with Crippen molar-refractivity contribution in [3.8, 4) is 0 Å². The number of ether oxygens (including phenoxy) is 1. The zero-order chi connectivity index (χ0) is 13.6. The van der Waals surface area contributed by atoms with E-state index < -0.39 is 11.5 Å². The molecule has 0 fully saturated rings. The van der Waals surface area contributed by atoms with Gasteiger partial charge in [0.25, 0.3) is 0 Å². The van der Waals surface area contributed by atoms with Crippen LogP contribution in [0.5, 0.6) is 0 Å². The van der Waals surface area contributed by atoms with Crippen molar-refractivity contribution < 1.29 is 14.3 Å². The Morgan fingerprint density at radius 1 is 1.33 bits per heavy atom. The summed E-state index contributed by atoms with van der Waals surface area (Å²) in [6.07, 6.45) is 0.629. The molecule has 0 aromatic heterocycles. The smallest absolute Gasteiger partial charge is 0.313 e. The monoisotopic (exact) mass is 280 g/mol. The molecule has 0 saturated carbocycles. The highest BCUT2D eigenvalue weighted by molar-refractivity contribution is 5.85. The Labute approximate surface area is 115 Å². The van der Waals surface area contributed by atoms with Crippen LogP contribution >= 0.6 is 12.4 Å². The molecule has 1 atom stereocenters. The van der Waals surface area contributed by atoms with Crippen LogP contribution in [0.25, 0.3) is 0 Å². The van der Waals surface area contributed by atoms with Crippen molar-refractivity contribution in [1.29, 1.82) is 0 Å². The van der Waals surface area contributed by atoms with Crippen LogP contribution in [0.1, 0.15) is 34.1 Å². The van der Waals surface area contributed by atoms with Gasteiger partial charge < -0.3 is 15.8 Å². The number of esters is 1. The second-order valence-corrected chi connectivity index (χ2v) is 5.33. The van der Waals surface area contributed by atoms with Gasteiger partial charge in [-0.1, -0.05) is 13.8 Å². The second kappa shape index (κ2) is 8.32. The summed E-state index contributed by atoms with van der Waals surface area (Å²) in [5, 5.41) is 2.68. The Morgan fingerprint density at radius 2 is 1.83 bits per heavy atom. The van der Waals surface area contributed by atoms with Crippen LogP contribution in [0.4, 0.5) is 0 Å². The van der Waals surface area contributed by atoms with Crippen LogP contribution in [0.15, 0.2) is 0 Å². The van der Waals surface area contributed by atoms with Crippen molar-refractivity contribution in [1.82, 2.24) is 5.32 Å². The summed E-state index contributed by atoms with van der Waals surface area (Å²) >= 11 is 0. The van der Waals surface area contributed by atoms with Crippen LogP contribution in [-0.2, 0) is 14.3 Å². The molecule has 3 N–H and O–H groups in total. The molecule has 0 radical (unpaired) electrons. The number of rotatable bonds is 6. The number of nitrogens with one attached hydrogen (secondary N) is 1. The summed E-state index contributed by atoms with van der Waals surface area (Å²) < 4.78 is 4.65. The number of hydrogen-bond donors (Lipinski definition) is 2. The van der Waals surface area contributed by atoms with Gasteiger partial charge >= 0.3 is 5.97 Å². The van der Waals surface area contributed by atoms with Gasteiger partial charge in [0.05, 0.1) is 18.6 Å². The quantitative estimate of drug-likeness (QED) is 0.714.